The number of benzene rings is 2. The van der Waals surface area contributed by atoms with Crippen LogP contribution < -0.4 is 5.32 Å². The van der Waals surface area contributed by atoms with Gasteiger partial charge in [-0.15, -0.1) is 0 Å². The zero-order valence-corrected chi connectivity index (χ0v) is 15.3. The van der Waals surface area contributed by atoms with Crippen LogP contribution >= 0.6 is 11.6 Å². The first kappa shape index (κ1) is 19.3. The number of amides is 2. The average Bonchev–Trinajstić information content (AvgIpc) is 2.78. The Morgan fingerprint density at radius 1 is 1.15 bits per heavy atom. The summed E-state index contributed by atoms with van der Waals surface area (Å²) in [5.41, 5.74) is 0.207. The first-order valence-corrected chi connectivity index (χ1v) is 9.11. The maximum absolute atomic E-state index is 13.8. The Labute approximate surface area is 161 Å². The molecule has 0 saturated carbocycles. The lowest BCUT2D eigenvalue weighted by Crippen LogP contribution is -2.47. The molecule has 0 bridgehead atoms. The van der Waals surface area contributed by atoms with E-state index in [0.29, 0.717) is 24.5 Å². The van der Waals surface area contributed by atoms with E-state index in [4.69, 9.17) is 11.6 Å². The summed E-state index contributed by atoms with van der Waals surface area (Å²) in [6.45, 7) is 0.908. The van der Waals surface area contributed by atoms with Crippen LogP contribution in [0.2, 0.25) is 5.02 Å². The number of carbonyl (C=O) groups excluding carboxylic acids is 2. The van der Waals surface area contributed by atoms with Crippen molar-refractivity contribution in [2.24, 2.45) is 0 Å². The van der Waals surface area contributed by atoms with Crippen LogP contribution in [0.1, 0.15) is 35.2 Å². The molecule has 7 heteroatoms. The van der Waals surface area contributed by atoms with E-state index in [1.165, 1.54) is 6.07 Å². The van der Waals surface area contributed by atoms with Gasteiger partial charge in [-0.25, -0.2) is 8.78 Å². The van der Waals surface area contributed by atoms with Crippen molar-refractivity contribution < 1.29 is 18.4 Å². The molecule has 0 radical (unpaired) electrons. The second-order valence-electron chi connectivity index (χ2n) is 6.51. The third-order valence-electron chi connectivity index (χ3n) is 4.54. The van der Waals surface area contributed by atoms with E-state index in [9.17, 15) is 18.4 Å². The molecule has 1 saturated heterocycles. The van der Waals surface area contributed by atoms with E-state index in [0.717, 1.165) is 30.5 Å². The van der Waals surface area contributed by atoms with Crippen molar-refractivity contribution in [1.29, 1.82) is 0 Å². The summed E-state index contributed by atoms with van der Waals surface area (Å²) >= 11 is 5.99. The molecule has 2 aromatic carbocycles. The van der Waals surface area contributed by atoms with Crippen molar-refractivity contribution in [3.63, 3.8) is 0 Å². The minimum Gasteiger partial charge on any atom is -0.340 e. The van der Waals surface area contributed by atoms with Crippen LogP contribution in [0.25, 0.3) is 0 Å². The topological polar surface area (TPSA) is 49.4 Å². The number of carbonyl (C=O) groups is 2. The van der Waals surface area contributed by atoms with Crippen LogP contribution in [0.3, 0.4) is 0 Å². The maximum atomic E-state index is 13.8. The molecule has 0 aromatic heterocycles. The average molecular weight is 393 g/mol. The van der Waals surface area contributed by atoms with Gasteiger partial charge in [-0.3, -0.25) is 9.59 Å². The molecule has 1 atom stereocenters. The highest BCUT2D eigenvalue weighted by Gasteiger charge is 2.30. The Morgan fingerprint density at radius 3 is 2.56 bits per heavy atom. The molecule has 0 aliphatic carbocycles. The molecule has 2 aromatic rings. The molecule has 1 heterocycles. The molecule has 2 amide bonds. The van der Waals surface area contributed by atoms with E-state index < -0.39 is 29.1 Å². The number of hydrogen-bond acceptors (Lipinski definition) is 2. The fourth-order valence-electron chi connectivity index (χ4n) is 3.20. The van der Waals surface area contributed by atoms with E-state index in [-0.39, 0.29) is 5.91 Å². The summed E-state index contributed by atoms with van der Waals surface area (Å²) in [5, 5.41) is 3.08. The SMILES string of the molecule is O=C(NC1CCCCN(Cc2cccc(Cl)c2)C1=O)c1c(F)cccc1F. The number of hydrogen-bond donors (Lipinski definition) is 1. The van der Waals surface area contributed by atoms with Crippen molar-refractivity contribution in [3.05, 3.63) is 70.2 Å². The third kappa shape index (κ3) is 4.63. The smallest absolute Gasteiger partial charge is 0.257 e. The van der Waals surface area contributed by atoms with Gasteiger partial charge < -0.3 is 10.2 Å². The lowest BCUT2D eigenvalue weighted by Gasteiger charge is -2.25. The molecule has 27 heavy (non-hydrogen) atoms. The monoisotopic (exact) mass is 392 g/mol. The van der Waals surface area contributed by atoms with Crippen molar-refractivity contribution in [2.45, 2.75) is 31.8 Å². The molecule has 4 nitrogen and oxygen atoms in total. The van der Waals surface area contributed by atoms with Crippen LogP contribution in [0.5, 0.6) is 0 Å². The van der Waals surface area contributed by atoms with Gasteiger partial charge in [0.2, 0.25) is 5.91 Å². The van der Waals surface area contributed by atoms with Gasteiger partial charge >= 0.3 is 0 Å². The van der Waals surface area contributed by atoms with Crippen LogP contribution in [-0.4, -0.2) is 29.3 Å². The molecule has 1 aliphatic heterocycles. The lowest BCUT2D eigenvalue weighted by atomic mass is 10.1. The van der Waals surface area contributed by atoms with E-state index in [1.54, 1.807) is 23.1 Å². The van der Waals surface area contributed by atoms with Gasteiger partial charge in [0.15, 0.2) is 0 Å². The fraction of sp³-hybridized carbons (Fsp3) is 0.300. The summed E-state index contributed by atoms with van der Waals surface area (Å²) in [4.78, 5) is 26.8. The number of rotatable bonds is 4. The lowest BCUT2D eigenvalue weighted by molar-refractivity contribution is -0.133. The summed E-state index contributed by atoms with van der Waals surface area (Å²) in [6, 6.07) is 9.59. The molecule has 142 valence electrons. The number of likely N-dealkylation sites (tertiary alicyclic amines) is 1. The zero-order valence-electron chi connectivity index (χ0n) is 14.6. The zero-order chi connectivity index (χ0) is 19.4. The highest BCUT2D eigenvalue weighted by atomic mass is 35.5. The van der Waals surface area contributed by atoms with Crippen molar-refractivity contribution >= 4 is 23.4 Å². The van der Waals surface area contributed by atoms with E-state index in [2.05, 4.69) is 5.32 Å². The molecule has 1 aliphatic rings. The van der Waals surface area contributed by atoms with Crippen molar-refractivity contribution in [2.75, 3.05) is 6.54 Å². The highest BCUT2D eigenvalue weighted by molar-refractivity contribution is 6.30. The van der Waals surface area contributed by atoms with Gasteiger partial charge in [0.1, 0.15) is 23.2 Å². The summed E-state index contributed by atoms with van der Waals surface area (Å²) < 4.78 is 27.7. The van der Waals surface area contributed by atoms with Gasteiger partial charge in [-0.1, -0.05) is 29.8 Å². The number of nitrogens with zero attached hydrogens (tertiary/aromatic N) is 1. The predicted octanol–water partition coefficient (Wildman–Crippen LogP) is 3.93. The highest BCUT2D eigenvalue weighted by Crippen LogP contribution is 2.19. The second-order valence-corrected chi connectivity index (χ2v) is 6.94. The standard InChI is InChI=1S/C20H19ClF2N2O2/c21-14-6-3-5-13(11-14)12-25-10-2-1-9-17(20(25)27)24-19(26)18-15(22)7-4-8-16(18)23/h3-8,11,17H,1-2,9-10,12H2,(H,24,26). The van der Waals surface area contributed by atoms with Crippen LogP contribution in [-0.2, 0) is 11.3 Å². The quantitative estimate of drug-likeness (QED) is 0.857. The molecule has 3 rings (SSSR count). The summed E-state index contributed by atoms with van der Waals surface area (Å²) in [6.07, 6.45) is 1.93. The molecule has 1 unspecified atom stereocenters. The molecular formula is C20H19ClF2N2O2. The van der Waals surface area contributed by atoms with Crippen LogP contribution in [0.15, 0.2) is 42.5 Å². The van der Waals surface area contributed by atoms with Crippen LogP contribution in [0, 0.1) is 11.6 Å². The molecular weight excluding hydrogens is 374 g/mol. The second kappa shape index (κ2) is 8.48. The van der Waals surface area contributed by atoms with Crippen molar-refractivity contribution in [1.82, 2.24) is 10.2 Å². The van der Waals surface area contributed by atoms with Crippen LogP contribution in [0.4, 0.5) is 8.78 Å². The Morgan fingerprint density at radius 2 is 1.85 bits per heavy atom. The first-order valence-electron chi connectivity index (χ1n) is 8.74. The number of nitrogens with one attached hydrogen (secondary N) is 1. The third-order valence-corrected chi connectivity index (χ3v) is 4.77. The number of halogens is 3. The Hall–Kier alpha value is -2.47. The van der Waals surface area contributed by atoms with Crippen molar-refractivity contribution in [3.8, 4) is 0 Å². The Kier molecular flexibility index (Phi) is 6.06. The largest absolute Gasteiger partial charge is 0.340 e. The predicted molar refractivity (Wildman–Crippen MR) is 98.3 cm³/mol. The summed E-state index contributed by atoms with van der Waals surface area (Å²) in [5.74, 6) is -3.10. The van der Waals surface area contributed by atoms with Gasteiger partial charge in [-0.2, -0.15) is 0 Å². The normalized spacial score (nSPS) is 17.5. The molecule has 0 spiro atoms. The maximum Gasteiger partial charge on any atom is 0.257 e. The summed E-state index contributed by atoms with van der Waals surface area (Å²) in [7, 11) is 0. The van der Waals surface area contributed by atoms with Gasteiger partial charge in [-0.05, 0) is 49.1 Å². The molecule has 1 N–H and O–H groups in total. The fourth-order valence-corrected chi connectivity index (χ4v) is 3.41. The van der Waals surface area contributed by atoms with Gasteiger partial charge in [0, 0.05) is 18.1 Å². The Balaban J connectivity index is 1.75. The Bertz CT molecular complexity index is 839. The minimum atomic E-state index is -0.954. The van der Waals surface area contributed by atoms with Gasteiger partial charge in [0.25, 0.3) is 5.91 Å². The minimum absolute atomic E-state index is 0.266. The first-order chi connectivity index (χ1) is 13.0. The van der Waals surface area contributed by atoms with E-state index in [1.807, 2.05) is 6.07 Å². The van der Waals surface area contributed by atoms with Gasteiger partial charge in [0.05, 0.1) is 0 Å². The van der Waals surface area contributed by atoms with E-state index >= 15 is 0 Å². The molecule has 1 fully saturated rings.